The van der Waals surface area contributed by atoms with Gasteiger partial charge in [0.15, 0.2) is 0 Å². The lowest BCUT2D eigenvalue weighted by molar-refractivity contribution is 0.290. The van der Waals surface area contributed by atoms with Crippen molar-refractivity contribution < 1.29 is 0 Å². The van der Waals surface area contributed by atoms with Gasteiger partial charge in [0, 0.05) is 25.5 Å². The van der Waals surface area contributed by atoms with E-state index in [9.17, 15) is 0 Å². The van der Waals surface area contributed by atoms with Gasteiger partial charge in [0.1, 0.15) is 0 Å². The van der Waals surface area contributed by atoms with Crippen molar-refractivity contribution >= 4 is 33.2 Å². The van der Waals surface area contributed by atoms with E-state index in [-0.39, 0.29) is 0 Å². The molecule has 0 bridgehead atoms. The summed E-state index contributed by atoms with van der Waals surface area (Å²) in [5.41, 5.74) is 1.92. The Morgan fingerprint density at radius 3 is 2.82 bits per heavy atom. The number of likely N-dealkylation sites (N-methyl/N-ethyl adjacent to an activating group) is 1. The topological polar surface area (TPSA) is 34.0 Å². The molecule has 0 N–H and O–H groups in total. The SMILES string of the molecule is CCN(CC)CCn1cnc(-c2cc3nccc(Cl)c3s2)c1. The predicted molar refractivity (Wildman–Crippen MR) is 93.6 cm³/mol. The minimum absolute atomic E-state index is 0.752. The zero-order chi connectivity index (χ0) is 15.5. The van der Waals surface area contributed by atoms with Crippen LogP contribution >= 0.6 is 22.9 Å². The summed E-state index contributed by atoms with van der Waals surface area (Å²) in [6, 6.07) is 3.88. The number of pyridine rings is 1. The molecule has 0 saturated carbocycles. The van der Waals surface area contributed by atoms with Crippen molar-refractivity contribution in [2.75, 3.05) is 19.6 Å². The van der Waals surface area contributed by atoms with Crippen LogP contribution in [0, 0.1) is 0 Å². The molecule has 22 heavy (non-hydrogen) atoms. The van der Waals surface area contributed by atoms with E-state index in [0.29, 0.717) is 0 Å². The molecule has 6 heteroatoms. The number of rotatable bonds is 6. The molecule has 0 aliphatic heterocycles. The Balaban J connectivity index is 1.79. The van der Waals surface area contributed by atoms with E-state index in [2.05, 4.69) is 45.5 Å². The number of nitrogens with zero attached hydrogens (tertiary/aromatic N) is 4. The number of aromatic nitrogens is 3. The molecular weight excluding hydrogens is 316 g/mol. The summed E-state index contributed by atoms with van der Waals surface area (Å²) in [7, 11) is 0. The molecule has 0 aliphatic carbocycles. The first-order valence-corrected chi connectivity index (χ1v) is 8.69. The molecule has 0 atom stereocenters. The number of hydrogen-bond acceptors (Lipinski definition) is 4. The van der Waals surface area contributed by atoms with Crippen LogP contribution in [-0.2, 0) is 6.54 Å². The van der Waals surface area contributed by atoms with Crippen LogP contribution < -0.4 is 0 Å². The van der Waals surface area contributed by atoms with Crippen molar-refractivity contribution in [1.82, 2.24) is 19.4 Å². The summed E-state index contributed by atoms with van der Waals surface area (Å²) in [6.07, 6.45) is 5.74. The molecule has 3 heterocycles. The molecular formula is C16H19ClN4S. The smallest absolute Gasteiger partial charge is 0.0982 e. The Hall–Kier alpha value is -1.43. The largest absolute Gasteiger partial charge is 0.336 e. The van der Waals surface area contributed by atoms with Gasteiger partial charge in [-0.1, -0.05) is 25.4 Å². The van der Waals surface area contributed by atoms with Crippen molar-refractivity contribution in [3.63, 3.8) is 0 Å². The molecule has 0 unspecified atom stereocenters. The molecule has 116 valence electrons. The number of hydrogen-bond donors (Lipinski definition) is 0. The average molecular weight is 335 g/mol. The fraction of sp³-hybridized carbons (Fsp3) is 0.375. The number of thiophene rings is 1. The maximum Gasteiger partial charge on any atom is 0.0982 e. The lowest BCUT2D eigenvalue weighted by Crippen LogP contribution is -2.26. The molecule has 3 aromatic rings. The van der Waals surface area contributed by atoms with Gasteiger partial charge in [0.05, 0.1) is 32.1 Å². The van der Waals surface area contributed by atoms with E-state index in [1.165, 1.54) is 0 Å². The van der Waals surface area contributed by atoms with E-state index < -0.39 is 0 Å². The molecule has 0 amide bonds. The van der Waals surface area contributed by atoms with Gasteiger partial charge in [-0.05, 0) is 25.2 Å². The first kappa shape index (κ1) is 15.5. The quantitative estimate of drug-likeness (QED) is 0.679. The molecule has 0 saturated heterocycles. The van der Waals surface area contributed by atoms with Crippen molar-refractivity contribution in [3.05, 3.63) is 35.9 Å². The van der Waals surface area contributed by atoms with E-state index in [4.69, 9.17) is 11.6 Å². The third-order valence-corrected chi connectivity index (χ3v) is 5.43. The molecule has 3 rings (SSSR count). The number of imidazole rings is 1. The van der Waals surface area contributed by atoms with Crippen LogP contribution in [0.3, 0.4) is 0 Å². The second-order valence-electron chi connectivity index (χ2n) is 5.14. The highest BCUT2D eigenvalue weighted by Gasteiger charge is 2.10. The third-order valence-electron chi connectivity index (χ3n) is 3.82. The van der Waals surface area contributed by atoms with Crippen LogP contribution in [0.1, 0.15) is 13.8 Å². The van der Waals surface area contributed by atoms with Crippen LogP contribution in [0.25, 0.3) is 20.8 Å². The van der Waals surface area contributed by atoms with Crippen molar-refractivity contribution in [2.45, 2.75) is 20.4 Å². The highest BCUT2D eigenvalue weighted by Crippen LogP contribution is 2.35. The molecule has 4 nitrogen and oxygen atoms in total. The van der Waals surface area contributed by atoms with Crippen LogP contribution in [0.4, 0.5) is 0 Å². The second kappa shape index (κ2) is 6.77. The van der Waals surface area contributed by atoms with Gasteiger partial charge in [0.2, 0.25) is 0 Å². The van der Waals surface area contributed by atoms with Crippen molar-refractivity contribution in [3.8, 4) is 10.6 Å². The average Bonchev–Trinajstić information content (AvgIpc) is 3.15. The number of fused-ring (bicyclic) bond motifs is 1. The summed E-state index contributed by atoms with van der Waals surface area (Å²) in [6.45, 7) is 8.55. The van der Waals surface area contributed by atoms with E-state index in [1.807, 2.05) is 12.4 Å². The van der Waals surface area contributed by atoms with Crippen LogP contribution in [0.15, 0.2) is 30.9 Å². The summed E-state index contributed by atoms with van der Waals surface area (Å²) in [5.74, 6) is 0. The molecule has 0 spiro atoms. The van der Waals surface area contributed by atoms with Crippen LogP contribution in [0.5, 0.6) is 0 Å². The standard InChI is InChI=1S/C16H19ClN4S/c1-3-20(4-2)7-8-21-10-14(19-11-21)15-9-13-16(22-15)12(17)5-6-18-13/h5-6,9-11H,3-4,7-8H2,1-2H3. The van der Waals surface area contributed by atoms with Gasteiger partial charge >= 0.3 is 0 Å². The Bertz CT molecular complexity index is 760. The van der Waals surface area contributed by atoms with E-state index >= 15 is 0 Å². The summed E-state index contributed by atoms with van der Waals surface area (Å²) >= 11 is 7.86. The first-order valence-electron chi connectivity index (χ1n) is 7.49. The van der Waals surface area contributed by atoms with Crippen LogP contribution in [-0.4, -0.2) is 39.1 Å². The normalized spacial score (nSPS) is 11.6. The Morgan fingerprint density at radius 1 is 1.27 bits per heavy atom. The van der Waals surface area contributed by atoms with Gasteiger partial charge in [-0.2, -0.15) is 0 Å². The van der Waals surface area contributed by atoms with Gasteiger partial charge in [-0.15, -0.1) is 11.3 Å². The summed E-state index contributed by atoms with van der Waals surface area (Å²) < 4.78 is 3.17. The second-order valence-corrected chi connectivity index (χ2v) is 6.60. The Labute approximate surface area is 139 Å². The van der Waals surface area contributed by atoms with Crippen molar-refractivity contribution in [1.29, 1.82) is 0 Å². The van der Waals surface area contributed by atoms with Gasteiger partial charge in [-0.3, -0.25) is 4.98 Å². The fourth-order valence-electron chi connectivity index (χ4n) is 2.44. The van der Waals surface area contributed by atoms with Gasteiger partial charge < -0.3 is 9.47 Å². The Morgan fingerprint density at radius 2 is 2.09 bits per heavy atom. The van der Waals surface area contributed by atoms with Crippen LogP contribution in [0.2, 0.25) is 5.02 Å². The monoisotopic (exact) mass is 334 g/mol. The summed E-state index contributed by atoms with van der Waals surface area (Å²) in [5, 5.41) is 0.752. The zero-order valence-electron chi connectivity index (χ0n) is 12.8. The minimum Gasteiger partial charge on any atom is -0.336 e. The van der Waals surface area contributed by atoms with Gasteiger partial charge in [0.25, 0.3) is 0 Å². The lowest BCUT2D eigenvalue weighted by atomic mass is 10.3. The van der Waals surface area contributed by atoms with E-state index in [0.717, 1.165) is 52.0 Å². The maximum absolute atomic E-state index is 6.22. The molecule has 0 fully saturated rings. The molecule has 0 aromatic carbocycles. The zero-order valence-corrected chi connectivity index (χ0v) is 14.4. The first-order chi connectivity index (χ1) is 10.7. The molecule has 0 aliphatic rings. The highest BCUT2D eigenvalue weighted by atomic mass is 35.5. The predicted octanol–water partition coefficient (Wildman–Crippen LogP) is 4.16. The highest BCUT2D eigenvalue weighted by molar-refractivity contribution is 7.22. The van der Waals surface area contributed by atoms with Crippen molar-refractivity contribution in [2.24, 2.45) is 0 Å². The molecule has 0 radical (unpaired) electrons. The Kier molecular flexibility index (Phi) is 4.76. The maximum atomic E-state index is 6.22. The third kappa shape index (κ3) is 3.16. The summed E-state index contributed by atoms with van der Waals surface area (Å²) in [4.78, 5) is 12.4. The fourth-order valence-corrected chi connectivity index (χ4v) is 3.69. The molecule has 3 aromatic heterocycles. The minimum atomic E-state index is 0.752. The van der Waals surface area contributed by atoms with E-state index in [1.54, 1.807) is 17.5 Å². The number of halogens is 1. The lowest BCUT2D eigenvalue weighted by Gasteiger charge is -2.17. The van der Waals surface area contributed by atoms with Gasteiger partial charge in [-0.25, -0.2) is 4.98 Å².